The summed E-state index contributed by atoms with van der Waals surface area (Å²) < 4.78 is 32.0. The van der Waals surface area contributed by atoms with E-state index in [2.05, 4.69) is 16.7 Å². The van der Waals surface area contributed by atoms with Crippen molar-refractivity contribution in [2.75, 3.05) is 13.1 Å². The van der Waals surface area contributed by atoms with Crippen LogP contribution in [0.1, 0.15) is 94.8 Å². The number of amides is 2. The summed E-state index contributed by atoms with van der Waals surface area (Å²) in [6, 6.07) is 10.7. The molecule has 3 saturated carbocycles. The number of aliphatic hydroxyl groups is 1. The highest BCUT2D eigenvalue weighted by Crippen LogP contribution is 2.55. The van der Waals surface area contributed by atoms with Crippen molar-refractivity contribution in [1.29, 1.82) is 5.26 Å². The highest BCUT2D eigenvalue weighted by molar-refractivity contribution is 6.43. The number of carbonyl (C=O) groups is 2. The summed E-state index contributed by atoms with van der Waals surface area (Å²) >= 11 is 13.2. The monoisotopic (exact) mass is 801 g/mol. The number of aliphatic hydroxyl groups excluding tert-OH is 1. The maximum absolute atomic E-state index is 17.4. The van der Waals surface area contributed by atoms with Gasteiger partial charge in [-0.15, -0.1) is 0 Å². The van der Waals surface area contributed by atoms with Gasteiger partial charge < -0.3 is 28.9 Å². The van der Waals surface area contributed by atoms with Gasteiger partial charge in [0.25, 0.3) is 0 Å². The van der Waals surface area contributed by atoms with Gasteiger partial charge in [0.2, 0.25) is 5.91 Å². The first-order chi connectivity index (χ1) is 26.7. The van der Waals surface area contributed by atoms with E-state index in [1.807, 2.05) is 43.6 Å². The molecule has 4 aromatic rings. The van der Waals surface area contributed by atoms with Crippen molar-refractivity contribution in [3.63, 3.8) is 0 Å². The fourth-order valence-corrected chi connectivity index (χ4v) is 10.00. The predicted molar refractivity (Wildman–Crippen MR) is 211 cm³/mol. The van der Waals surface area contributed by atoms with Gasteiger partial charge in [-0.3, -0.25) is 4.79 Å². The van der Waals surface area contributed by atoms with E-state index in [4.69, 9.17) is 37.7 Å². The molecule has 294 valence electrons. The largest absolute Gasteiger partial charge is 0.444 e. The summed E-state index contributed by atoms with van der Waals surface area (Å²) in [7, 11) is 0. The van der Waals surface area contributed by atoms with Crippen molar-refractivity contribution in [2.45, 2.75) is 121 Å². The van der Waals surface area contributed by atoms with Crippen LogP contribution >= 0.6 is 23.2 Å². The fraction of sp³-hybridized carbons (Fsp3) is 0.535. The number of aryl methyl sites for hydroxylation is 2. The van der Waals surface area contributed by atoms with Crippen molar-refractivity contribution in [3.8, 4) is 17.2 Å². The van der Waals surface area contributed by atoms with Crippen LogP contribution in [0.25, 0.3) is 32.9 Å². The smallest absolute Gasteiger partial charge is 0.410 e. The number of benzene rings is 2. The molecule has 3 saturated heterocycles. The normalized spacial score (nSPS) is 27.1. The zero-order valence-corrected chi connectivity index (χ0v) is 33.5. The first-order valence-corrected chi connectivity index (χ1v) is 20.6. The SMILES string of the molecule is Cc1nc2c(F)c(-c3cccc(Cl)c3Cl)c(CCC#N)cc2c2c1cc([C@H]1C[C@H](O[C@H]3CC[C@@H]3O)CN1C(=O)C1CC1)n2[C@H]1[C@@H]2C[C@H]1N(C(=O)OC(C)(C)C)C2. The number of halogens is 3. The molecule has 13 heteroatoms. The standard InChI is InChI=1S/C43H46Cl2FN5O5/c1-21-27-18-31(30-17-25(55-34-13-12-33(34)52)20-49(30)41(53)22-10-11-22)51(39-24-16-32(39)50(19-24)42(54)56-43(2,3)4)40(27)28-15-23(7-6-14-47)35(37(46)38(28)48-21)26-8-5-9-29(44)36(26)45/h5,8-9,15,18,22,24-25,30,32-34,39,52H,6-7,10-13,16-17,19-20H2,1-4H3/t24-,25+,30-,32-,33+,34+,39+/m1/s1. The quantitative estimate of drug-likeness (QED) is 0.189. The van der Waals surface area contributed by atoms with Gasteiger partial charge in [-0.05, 0) is 90.0 Å². The Balaban J connectivity index is 1.26. The highest BCUT2D eigenvalue weighted by Gasteiger charge is 2.57. The third-order valence-corrected chi connectivity index (χ3v) is 13.4. The summed E-state index contributed by atoms with van der Waals surface area (Å²) in [5, 5.41) is 22.0. The molecule has 6 aliphatic rings. The average molecular weight is 803 g/mol. The van der Waals surface area contributed by atoms with Crippen LogP contribution in [0.15, 0.2) is 30.3 Å². The van der Waals surface area contributed by atoms with Crippen molar-refractivity contribution >= 4 is 57.0 Å². The first-order valence-electron chi connectivity index (χ1n) is 19.9. The molecule has 10 nitrogen and oxygen atoms in total. The van der Waals surface area contributed by atoms with Crippen molar-refractivity contribution in [2.24, 2.45) is 11.8 Å². The number of pyridine rings is 1. The summed E-state index contributed by atoms with van der Waals surface area (Å²) in [5.41, 5.74) is 3.10. The summed E-state index contributed by atoms with van der Waals surface area (Å²) in [4.78, 5) is 36.4. The molecule has 0 unspecified atom stereocenters. The molecule has 3 aliphatic heterocycles. The number of ether oxygens (including phenoxy) is 2. The minimum absolute atomic E-state index is 0.0244. The Morgan fingerprint density at radius 3 is 2.54 bits per heavy atom. The van der Waals surface area contributed by atoms with Crippen molar-refractivity contribution in [1.82, 2.24) is 19.4 Å². The van der Waals surface area contributed by atoms with Gasteiger partial charge in [0, 0.05) is 71.1 Å². The lowest BCUT2D eigenvalue weighted by atomic mass is 9.79. The Bertz CT molecular complexity index is 2330. The second kappa shape index (κ2) is 13.9. The number of hydrogen-bond donors (Lipinski definition) is 1. The number of likely N-dealkylation sites (tertiary alicyclic amines) is 1. The minimum Gasteiger partial charge on any atom is -0.444 e. The number of fused-ring (bicyclic) bond motifs is 4. The van der Waals surface area contributed by atoms with E-state index >= 15 is 4.39 Å². The molecule has 7 atom stereocenters. The molecule has 10 rings (SSSR count). The molecular weight excluding hydrogens is 756 g/mol. The molecule has 5 heterocycles. The highest BCUT2D eigenvalue weighted by atomic mass is 35.5. The number of rotatable bonds is 8. The zero-order valence-electron chi connectivity index (χ0n) is 32.0. The van der Waals surface area contributed by atoms with Gasteiger partial charge in [0.15, 0.2) is 5.82 Å². The van der Waals surface area contributed by atoms with E-state index in [0.29, 0.717) is 53.2 Å². The molecular formula is C43H46Cl2FN5O5. The van der Waals surface area contributed by atoms with E-state index in [0.717, 1.165) is 42.3 Å². The van der Waals surface area contributed by atoms with Crippen molar-refractivity contribution < 1.29 is 28.6 Å². The van der Waals surface area contributed by atoms with Gasteiger partial charge in [-0.25, -0.2) is 14.2 Å². The van der Waals surface area contributed by atoms with E-state index in [9.17, 15) is 20.0 Å². The second-order valence-electron chi connectivity index (χ2n) is 17.4. The number of carbonyl (C=O) groups excluding carboxylic acids is 2. The fourth-order valence-electron chi connectivity index (χ4n) is 9.60. The molecule has 1 N–H and O–H groups in total. The van der Waals surface area contributed by atoms with Crippen molar-refractivity contribution in [3.05, 3.63) is 63.1 Å². The second-order valence-corrected chi connectivity index (χ2v) is 18.2. The van der Waals surface area contributed by atoms with Crippen LogP contribution in [-0.2, 0) is 20.7 Å². The lowest BCUT2D eigenvalue weighted by Gasteiger charge is -2.40. The summed E-state index contributed by atoms with van der Waals surface area (Å²) in [6.45, 7) is 8.39. The van der Waals surface area contributed by atoms with Crippen LogP contribution < -0.4 is 0 Å². The number of nitrogens with zero attached hydrogens (tertiary/aromatic N) is 5. The topological polar surface area (TPSA) is 121 Å². The van der Waals surface area contributed by atoms with E-state index in [-0.39, 0.29) is 83.1 Å². The Morgan fingerprint density at radius 1 is 1.07 bits per heavy atom. The zero-order chi connectivity index (χ0) is 39.4. The maximum atomic E-state index is 17.4. The summed E-state index contributed by atoms with van der Waals surface area (Å²) in [5.74, 6) is -0.371. The summed E-state index contributed by atoms with van der Waals surface area (Å²) in [6.07, 6.45) is 3.57. The number of nitriles is 1. The van der Waals surface area contributed by atoms with E-state index in [1.165, 1.54) is 0 Å². The Hall–Kier alpha value is -3.95. The van der Waals surface area contributed by atoms with Crippen LogP contribution in [-0.4, -0.2) is 79.5 Å². The van der Waals surface area contributed by atoms with Crippen LogP contribution in [0.2, 0.25) is 10.0 Å². The molecule has 2 amide bonds. The molecule has 3 aliphatic carbocycles. The van der Waals surface area contributed by atoms with Crippen LogP contribution in [0.4, 0.5) is 9.18 Å². The molecule has 56 heavy (non-hydrogen) atoms. The molecule has 0 radical (unpaired) electrons. The third kappa shape index (κ3) is 6.23. The Morgan fingerprint density at radius 2 is 1.86 bits per heavy atom. The van der Waals surface area contributed by atoms with Gasteiger partial charge in [0.05, 0.1) is 58.1 Å². The Kier molecular flexibility index (Phi) is 9.31. The van der Waals surface area contributed by atoms with Crippen LogP contribution in [0.5, 0.6) is 0 Å². The molecule has 6 fully saturated rings. The molecule has 0 spiro atoms. The molecule has 2 aromatic carbocycles. The minimum atomic E-state index is -0.665. The van der Waals surface area contributed by atoms with Gasteiger partial charge in [0.1, 0.15) is 11.1 Å². The van der Waals surface area contributed by atoms with Gasteiger partial charge in [-0.1, -0.05) is 35.3 Å². The first kappa shape index (κ1) is 37.6. The Labute approximate surface area is 335 Å². The molecule has 2 bridgehead atoms. The van der Waals surface area contributed by atoms with E-state index < -0.39 is 17.5 Å². The van der Waals surface area contributed by atoms with Gasteiger partial charge >= 0.3 is 6.09 Å². The lowest BCUT2D eigenvalue weighted by molar-refractivity contribution is -0.137. The third-order valence-electron chi connectivity index (χ3n) is 12.6. The van der Waals surface area contributed by atoms with Gasteiger partial charge in [-0.2, -0.15) is 5.26 Å². The van der Waals surface area contributed by atoms with Crippen LogP contribution in [0, 0.1) is 35.9 Å². The lowest BCUT2D eigenvalue weighted by Crippen LogP contribution is -2.45. The maximum Gasteiger partial charge on any atom is 0.410 e. The molecule has 2 aromatic heterocycles. The number of aromatic nitrogens is 2. The number of hydrogen-bond acceptors (Lipinski definition) is 7. The van der Waals surface area contributed by atoms with Crippen LogP contribution in [0.3, 0.4) is 0 Å². The van der Waals surface area contributed by atoms with E-state index in [1.54, 1.807) is 18.2 Å². The predicted octanol–water partition coefficient (Wildman–Crippen LogP) is 8.84. The average Bonchev–Trinajstić information content (AvgIpc) is 3.43.